The Morgan fingerprint density at radius 3 is 2.79 bits per heavy atom. The largest absolute Gasteiger partial charge is 0.497 e. The highest BCUT2D eigenvalue weighted by molar-refractivity contribution is 5.97. The number of amides is 1. The summed E-state index contributed by atoms with van der Waals surface area (Å²) >= 11 is 0. The van der Waals surface area contributed by atoms with E-state index in [9.17, 15) is 4.79 Å². The van der Waals surface area contributed by atoms with Crippen molar-refractivity contribution >= 4 is 16.9 Å². The fourth-order valence-corrected chi connectivity index (χ4v) is 2.40. The van der Waals surface area contributed by atoms with Gasteiger partial charge in [0.15, 0.2) is 0 Å². The standard InChI is InChI=1S/C18H18N4O2/c1-3-10-19-18(23)14-6-9-17-16(11-14)20-21-22(17)12-13-4-7-15(24-2)8-5-13/h3-9,11H,1,10,12H2,2H3,(H,19,23). The van der Waals surface area contributed by atoms with Crippen molar-refractivity contribution in [3.05, 3.63) is 66.2 Å². The monoisotopic (exact) mass is 322 g/mol. The second-order valence-electron chi connectivity index (χ2n) is 5.30. The van der Waals surface area contributed by atoms with Crippen LogP contribution in [-0.2, 0) is 6.54 Å². The Balaban J connectivity index is 1.82. The molecule has 0 atom stereocenters. The Morgan fingerprint density at radius 1 is 1.29 bits per heavy atom. The molecule has 0 aliphatic rings. The molecule has 0 spiro atoms. The molecule has 1 heterocycles. The van der Waals surface area contributed by atoms with Crippen LogP contribution in [0.25, 0.3) is 11.0 Å². The summed E-state index contributed by atoms with van der Waals surface area (Å²) in [7, 11) is 1.64. The average Bonchev–Trinajstić information content (AvgIpc) is 3.02. The molecule has 1 amide bonds. The van der Waals surface area contributed by atoms with Gasteiger partial charge < -0.3 is 10.1 Å². The quantitative estimate of drug-likeness (QED) is 0.708. The summed E-state index contributed by atoms with van der Waals surface area (Å²) in [6.07, 6.45) is 1.64. The van der Waals surface area contributed by atoms with Crippen molar-refractivity contribution in [2.45, 2.75) is 6.54 Å². The third kappa shape index (κ3) is 3.27. The maximum Gasteiger partial charge on any atom is 0.251 e. The van der Waals surface area contributed by atoms with Gasteiger partial charge in [-0.05, 0) is 35.9 Å². The van der Waals surface area contributed by atoms with Gasteiger partial charge in [-0.25, -0.2) is 4.68 Å². The van der Waals surface area contributed by atoms with Gasteiger partial charge in [-0.2, -0.15) is 0 Å². The molecule has 3 aromatic rings. The second-order valence-corrected chi connectivity index (χ2v) is 5.30. The molecule has 0 aliphatic carbocycles. The van der Waals surface area contributed by atoms with Crippen LogP contribution in [0.15, 0.2) is 55.1 Å². The van der Waals surface area contributed by atoms with Crippen LogP contribution in [0.5, 0.6) is 5.75 Å². The van der Waals surface area contributed by atoms with Gasteiger partial charge in [0.25, 0.3) is 5.91 Å². The van der Waals surface area contributed by atoms with Crippen molar-refractivity contribution in [3.8, 4) is 5.75 Å². The predicted molar refractivity (Wildman–Crippen MR) is 92.2 cm³/mol. The lowest BCUT2D eigenvalue weighted by molar-refractivity contribution is 0.0958. The highest BCUT2D eigenvalue weighted by Gasteiger charge is 2.10. The normalized spacial score (nSPS) is 10.5. The van der Waals surface area contributed by atoms with Gasteiger partial charge in [-0.3, -0.25) is 4.79 Å². The molecule has 0 bridgehead atoms. The SMILES string of the molecule is C=CCNC(=O)c1ccc2c(c1)nnn2Cc1ccc(OC)cc1. The molecule has 0 unspecified atom stereocenters. The summed E-state index contributed by atoms with van der Waals surface area (Å²) in [5, 5.41) is 11.1. The lowest BCUT2D eigenvalue weighted by atomic mass is 10.1. The number of nitrogens with one attached hydrogen (secondary N) is 1. The number of benzene rings is 2. The summed E-state index contributed by atoms with van der Waals surface area (Å²) in [5.41, 5.74) is 3.22. The van der Waals surface area contributed by atoms with Gasteiger partial charge in [0, 0.05) is 12.1 Å². The van der Waals surface area contributed by atoms with Crippen molar-refractivity contribution in [2.75, 3.05) is 13.7 Å². The zero-order valence-electron chi connectivity index (χ0n) is 13.4. The van der Waals surface area contributed by atoms with Gasteiger partial charge in [-0.1, -0.05) is 23.4 Å². The lowest BCUT2D eigenvalue weighted by Crippen LogP contribution is -2.23. The maximum atomic E-state index is 12.0. The number of hydrogen-bond donors (Lipinski definition) is 1. The highest BCUT2D eigenvalue weighted by Crippen LogP contribution is 2.17. The van der Waals surface area contributed by atoms with Gasteiger partial charge >= 0.3 is 0 Å². The third-order valence-electron chi connectivity index (χ3n) is 3.67. The van der Waals surface area contributed by atoms with Crippen molar-refractivity contribution in [2.24, 2.45) is 0 Å². The number of ether oxygens (including phenoxy) is 1. The third-order valence-corrected chi connectivity index (χ3v) is 3.67. The van der Waals surface area contributed by atoms with Gasteiger partial charge in [0.05, 0.1) is 19.2 Å². The number of fused-ring (bicyclic) bond motifs is 1. The zero-order valence-corrected chi connectivity index (χ0v) is 13.4. The molecule has 24 heavy (non-hydrogen) atoms. The van der Waals surface area contributed by atoms with Gasteiger partial charge in [0.2, 0.25) is 0 Å². The number of hydrogen-bond acceptors (Lipinski definition) is 4. The van der Waals surface area contributed by atoms with Crippen LogP contribution in [0, 0.1) is 0 Å². The van der Waals surface area contributed by atoms with E-state index in [2.05, 4.69) is 22.2 Å². The van der Waals surface area contributed by atoms with Crippen LogP contribution in [-0.4, -0.2) is 34.6 Å². The molecule has 6 nitrogen and oxygen atoms in total. The smallest absolute Gasteiger partial charge is 0.251 e. The molecule has 0 fully saturated rings. The first kappa shape index (κ1) is 15.7. The molecular weight excluding hydrogens is 304 g/mol. The summed E-state index contributed by atoms with van der Waals surface area (Å²) in [5.74, 6) is 0.666. The molecule has 2 aromatic carbocycles. The van der Waals surface area contributed by atoms with E-state index in [4.69, 9.17) is 4.74 Å². The molecule has 1 aromatic heterocycles. The van der Waals surface area contributed by atoms with Crippen LogP contribution in [0.3, 0.4) is 0 Å². The van der Waals surface area contributed by atoms with E-state index in [-0.39, 0.29) is 5.91 Å². The van der Waals surface area contributed by atoms with E-state index in [0.29, 0.717) is 24.2 Å². The fourth-order valence-electron chi connectivity index (χ4n) is 2.40. The molecular formula is C18H18N4O2. The van der Waals surface area contributed by atoms with Crippen LogP contribution < -0.4 is 10.1 Å². The van der Waals surface area contributed by atoms with Gasteiger partial charge in [-0.15, -0.1) is 11.7 Å². The molecule has 3 rings (SSSR count). The zero-order chi connectivity index (χ0) is 16.9. The van der Waals surface area contributed by atoms with E-state index in [1.54, 1.807) is 25.3 Å². The first-order valence-electron chi connectivity index (χ1n) is 7.56. The maximum absolute atomic E-state index is 12.0. The first-order valence-corrected chi connectivity index (χ1v) is 7.56. The van der Waals surface area contributed by atoms with E-state index < -0.39 is 0 Å². The summed E-state index contributed by atoms with van der Waals surface area (Å²) in [6.45, 7) is 4.61. The van der Waals surface area contributed by atoms with E-state index in [1.807, 2.05) is 35.0 Å². The highest BCUT2D eigenvalue weighted by atomic mass is 16.5. The Kier molecular flexibility index (Phi) is 4.56. The number of aromatic nitrogens is 3. The molecule has 0 aliphatic heterocycles. The topological polar surface area (TPSA) is 69.0 Å². The number of nitrogens with zero attached hydrogens (tertiary/aromatic N) is 3. The van der Waals surface area contributed by atoms with Crippen molar-refractivity contribution in [3.63, 3.8) is 0 Å². The van der Waals surface area contributed by atoms with Crippen LogP contribution in [0.1, 0.15) is 15.9 Å². The number of methoxy groups -OCH3 is 1. The first-order chi connectivity index (χ1) is 11.7. The van der Waals surface area contributed by atoms with Crippen LogP contribution in [0.2, 0.25) is 0 Å². The molecule has 0 radical (unpaired) electrons. The molecule has 0 saturated carbocycles. The predicted octanol–water partition coefficient (Wildman–Crippen LogP) is 2.40. The van der Waals surface area contributed by atoms with E-state index in [1.165, 1.54) is 0 Å². The minimum absolute atomic E-state index is 0.151. The van der Waals surface area contributed by atoms with Gasteiger partial charge in [0.1, 0.15) is 11.3 Å². The minimum atomic E-state index is -0.151. The summed E-state index contributed by atoms with van der Waals surface area (Å²) in [4.78, 5) is 12.0. The number of carbonyl (C=O) groups is 1. The summed E-state index contributed by atoms with van der Waals surface area (Å²) < 4.78 is 6.97. The van der Waals surface area contributed by atoms with Crippen molar-refractivity contribution in [1.82, 2.24) is 20.3 Å². The Labute approximate surface area is 139 Å². The summed E-state index contributed by atoms with van der Waals surface area (Å²) in [6, 6.07) is 13.2. The molecule has 1 N–H and O–H groups in total. The van der Waals surface area contributed by atoms with Crippen LogP contribution in [0.4, 0.5) is 0 Å². The van der Waals surface area contributed by atoms with E-state index in [0.717, 1.165) is 16.8 Å². The molecule has 6 heteroatoms. The average molecular weight is 322 g/mol. The van der Waals surface area contributed by atoms with Crippen molar-refractivity contribution in [1.29, 1.82) is 0 Å². The van der Waals surface area contributed by atoms with Crippen LogP contribution >= 0.6 is 0 Å². The number of carbonyl (C=O) groups excluding carboxylic acids is 1. The molecule has 122 valence electrons. The van der Waals surface area contributed by atoms with E-state index >= 15 is 0 Å². The second kappa shape index (κ2) is 6.95. The minimum Gasteiger partial charge on any atom is -0.497 e. The number of rotatable bonds is 6. The lowest BCUT2D eigenvalue weighted by Gasteiger charge is -2.05. The Bertz CT molecular complexity index is 868. The fraction of sp³-hybridized carbons (Fsp3) is 0.167. The Morgan fingerprint density at radius 2 is 2.08 bits per heavy atom. The molecule has 0 saturated heterocycles. The van der Waals surface area contributed by atoms with Crippen molar-refractivity contribution < 1.29 is 9.53 Å². The Hall–Kier alpha value is -3.15.